The van der Waals surface area contributed by atoms with Gasteiger partial charge in [-0.15, -0.1) is 0 Å². The zero-order valence-corrected chi connectivity index (χ0v) is 15.6. The largest absolute Gasteiger partial charge is 0.507 e. The number of phenols is 2. The number of rotatable bonds is 1. The highest BCUT2D eigenvalue weighted by molar-refractivity contribution is 6.30. The summed E-state index contributed by atoms with van der Waals surface area (Å²) >= 11 is 0. The monoisotopic (exact) mass is 398 g/mol. The number of aliphatic hydroxyl groups excluding tert-OH is 2. The van der Waals surface area contributed by atoms with E-state index in [1.165, 1.54) is 31.2 Å². The number of benzene rings is 2. The summed E-state index contributed by atoms with van der Waals surface area (Å²) in [5.74, 6) is -3.28. The highest BCUT2D eigenvalue weighted by Gasteiger charge is 2.52. The quantitative estimate of drug-likeness (QED) is 0.447. The van der Waals surface area contributed by atoms with E-state index >= 15 is 0 Å². The molecule has 3 atom stereocenters. The normalized spacial score (nSPS) is 25.1. The van der Waals surface area contributed by atoms with Crippen LogP contribution in [0.4, 0.5) is 0 Å². The molecule has 0 amide bonds. The third-order valence-electron chi connectivity index (χ3n) is 5.94. The predicted octanol–water partition coefficient (Wildman–Crippen LogP) is 1.10. The molecule has 8 heteroatoms. The Morgan fingerprint density at radius 2 is 1.79 bits per heavy atom. The lowest BCUT2D eigenvalue weighted by Crippen LogP contribution is -2.49. The van der Waals surface area contributed by atoms with Crippen LogP contribution in [0, 0.1) is 0 Å². The molecular formula is C21H18O8. The third kappa shape index (κ3) is 2.30. The number of aromatic hydroxyl groups is 2. The second-order valence-corrected chi connectivity index (χ2v) is 7.43. The molecule has 4 N–H and O–H groups in total. The Bertz CT molecular complexity index is 1100. The third-order valence-corrected chi connectivity index (χ3v) is 5.94. The van der Waals surface area contributed by atoms with Crippen LogP contribution in [-0.2, 0) is 14.9 Å². The first-order valence-corrected chi connectivity index (χ1v) is 8.90. The maximum atomic E-state index is 13.0. The van der Waals surface area contributed by atoms with Crippen LogP contribution in [0.15, 0.2) is 24.3 Å². The van der Waals surface area contributed by atoms with Gasteiger partial charge < -0.3 is 25.2 Å². The van der Waals surface area contributed by atoms with Crippen LogP contribution in [0.1, 0.15) is 62.4 Å². The summed E-state index contributed by atoms with van der Waals surface area (Å²) in [7, 11) is 1.14. The van der Waals surface area contributed by atoms with Crippen molar-refractivity contribution in [2.24, 2.45) is 0 Å². The molecule has 2 aliphatic carbocycles. The number of fused-ring (bicyclic) bond motifs is 3. The molecule has 2 aromatic carbocycles. The number of ketones is 2. The number of hydrogen-bond acceptors (Lipinski definition) is 8. The number of ether oxygens (including phenoxy) is 1. The molecule has 4 rings (SSSR count). The van der Waals surface area contributed by atoms with Gasteiger partial charge in [0.15, 0.2) is 5.78 Å². The van der Waals surface area contributed by atoms with Gasteiger partial charge in [-0.05, 0) is 24.6 Å². The van der Waals surface area contributed by atoms with E-state index in [0.717, 1.165) is 7.11 Å². The van der Waals surface area contributed by atoms with Crippen LogP contribution in [0.2, 0.25) is 0 Å². The minimum absolute atomic E-state index is 0.0107. The van der Waals surface area contributed by atoms with Gasteiger partial charge in [-0.3, -0.25) is 14.4 Å². The molecular weight excluding hydrogens is 380 g/mol. The van der Waals surface area contributed by atoms with Crippen molar-refractivity contribution in [3.63, 3.8) is 0 Å². The fourth-order valence-corrected chi connectivity index (χ4v) is 4.30. The van der Waals surface area contributed by atoms with Crippen LogP contribution < -0.4 is 0 Å². The average Bonchev–Trinajstić information content (AvgIpc) is 2.68. The molecule has 0 saturated carbocycles. The van der Waals surface area contributed by atoms with Crippen molar-refractivity contribution in [1.29, 1.82) is 0 Å². The molecule has 2 aromatic rings. The van der Waals surface area contributed by atoms with Crippen molar-refractivity contribution in [3.8, 4) is 11.5 Å². The maximum Gasteiger partial charge on any atom is 0.318 e. The number of carbonyl (C=O) groups is 3. The average molecular weight is 398 g/mol. The molecule has 0 heterocycles. The Morgan fingerprint density at radius 1 is 1.10 bits per heavy atom. The van der Waals surface area contributed by atoms with Gasteiger partial charge in [0, 0.05) is 23.1 Å². The Kier molecular flexibility index (Phi) is 4.04. The zero-order chi connectivity index (χ0) is 21.2. The highest BCUT2D eigenvalue weighted by atomic mass is 16.5. The van der Waals surface area contributed by atoms with Gasteiger partial charge in [0.2, 0.25) is 5.78 Å². The van der Waals surface area contributed by atoms with E-state index in [-0.39, 0.29) is 39.8 Å². The van der Waals surface area contributed by atoms with Crippen molar-refractivity contribution in [2.75, 3.05) is 7.11 Å². The van der Waals surface area contributed by atoms with Gasteiger partial charge in [0.25, 0.3) is 0 Å². The number of aliphatic hydroxyl groups is 2. The molecule has 0 aliphatic heterocycles. The first kappa shape index (κ1) is 19.1. The Morgan fingerprint density at radius 3 is 2.45 bits per heavy atom. The lowest BCUT2D eigenvalue weighted by molar-refractivity contribution is -0.153. The fraction of sp³-hybridized carbons (Fsp3) is 0.286. The molecule has 0 radical (unpaired) electrons. The van der Waals surface area contributed by atoms with Crippen LogP contribution in [-0.4, -0.2) is 51.2 Å². The van der Waals surface area contributed by atoms with Crippen molar-refractivity contribution >= 4 is 17.5 Å². The zero-order valence-electron chi connectivity index (χ0n) is 15.6. The van der Waals surface area contributed by atoms with Gasteiger partial charge in [-0.25, -0.2) is 0 Å². The fourth-order valence-electron chi connectivity index (χ4n) is 4.30. The SMILES string of the molecule is COC(=O)C1(C)c2cc3c(c(O)c2[C@@H](O)C[C@@H]1O)C(=O)c1c(O)cccc1C3=O. The lowest BCUT2D eigenvalue weighted by atomic mass is 9.66. The maximum absolute atomic E-state index is 13.0. The summed E-state index contributed by atoms with van der Waals surface area (Å²) in [6.45, 7) is 1.38. The lowest BCUT2D eigenvalue weighted by Gasteiger charge is -2.40. The summed E-state index contributed by atoms with van der Waals surface area (Å²) in [6, 6.07) is 5.27. The summed E-state index contributed by atoms with van der Waals surface area (Å²) in [5.41, 5.74) is -2.59. The van der Waals surface area contributed by atoms with E-state index in [1.807, 2.05) is 0 Å². The molecule has 29 heavy (non-hydrogen) atoms. The highest BCUT2D eigenvalue weighted by Crippen LogP contribution is 2.50. The molecule has 150 valence electrons. The van der Waals surface area contributed by atoms with Crippen LogP contribution in [0.25, 0.3) is 0 Å². The van der Waals surface area contributed by atoms with Gasteiger partial charge in [0.1, 0.15) is 16.9 Å². The molecule has 2 aliphatic rings. The standard InChI is InChI=1S/C21H18O8/c1-21(20(28)29-2)10-6-9-15(19(27)16(10)12(23)7-13(21)24)18(26)14-8(17(9)25)4-3-5-11(14)22/h3-6,12-13,22-24,27H,7H2,1-2H3/t12-,13-,21?/m0/s1. The molecule has 8 nitrogen and oxygen atoms in total. The second-order valence-electron chi connectivity index (χ2n) is 7.43. The van der Waals surface area contributed by atoms with Gasteiger partial charge in [-0.1, -0.05) is 12.1 Å². The number of carbonyl (C=O) groups excluding carboxylic acids is 3. The van der Waals surface area contributed by atoms with Gasteiger partial charge in [-0.2, -0.15) is 0 Å². The first-order valence-electron chi connectivity index (χ1n) is 8.90. The Labute approximate surface area is 165 Å². The van der Waals surface area contributed by atoms with Gasteiger partial charge in [0.05, 0.1) is 30.4 Å². The molecule has 0 bridgehead atoms. The number of phenolic OH excluding ortho intramolecular Hbond substituents is 2. The number of methoxy groups -OCH3 is 1. The van der Waals surface area contributed by atoms with E-state index < -0.39 is 46.7 Å². The summed E-state index contributed by atoms with van der Waals surface area (Å²) in [6.07, 6.45) is -3.01. The molecule has 1 unspecified atom stereocenters. The topological polar surface area (TPSA) is 141 Å². The summed E-state index contributed by atoms with van der Waals surface area (Å²) in [5, 5.41) is 42.0. The Balaban J connectivity index is 2.07. The molecule has 0 saturated heterocycles. The summed E-state index contributed by atoms with van der Waals surface area (Å²) in [4.78, 5) is 38.6. The summed E-state index contributed by atoms with van der Waals surface area (Å²) < 4.78 is 4.81. The minimum Gasteiger partial charge on any atom is -0.507 e. The molecule has 0 fully saturated rings. The smallest absolute Gasteiger partial charge is 0.318 e. The Hall–Kier alpha value is -3.23. The van der Waals surface area contributed by atoms with Crippen molar-refractivity contribution in [2.45, 2.75) is 31.0 Å². The van der Waals surface area contributed by atoms with E-state index in [1.54, 1.807) is 0 Å². The molecule has 0 aromatic heterocycles. The van der Waals surface area contributed by atoms with E-state index in [4.69, 9.17) is 4.74 Å². The van der Waals surface area contributed by atoms with Crippen molar-refractivity contribution < 1.29 is 39.5 Å². The van der Waals surface area contributed by atoms with E-state index in [9.17, 15) is 34.8 Å². The molecule has 0 spiro atoms. The van der Waals surface area contributed by atoms with Crippen LogP contribution >= 0.6 is 0 Å². The van der Waals surface area contributed by atoms with Gasteiger partial charge >= 0.3 is 5.97 Å². The van der Waals surface area contributed by atoms with Crippen molar-refractivity contribution in [3.05, 3.63) is 57.6 Å². The van der Waals surface area contributed by atoms with E-state index in [2.05, 4.69) is 0 Å². The number of esters is 1. The van der Waals surface area contributed by atoms with Crippen molar-refractivity contribution in [1.82, 2.24) is 0 Å². The van der Waals surface area contributed by atoms with Crippen LogP contribution in [0.3, 0.4) is 0 Å². The first-order chi connectivity index (χ1) is 13.6. The number of hydrogen-bond donors (Lipinski definition) is 4. The second kappa shape index (κ2) is 6.13. The van der Waals surface area contributed by atoms with E-state index in [0.29, 0.717) is 0 Å². The minimum atomic E-state index is -1.67. The predicted molar refractivity (Wildman–Crippen MR) is 98.0 cm³/mol. The van der Waals surface area contributed by atoms with Crippen LogP contribution in [0.5, 0.6) is 11.5 Å².